The van der Waals surface area contributed by atoms with E-state index in [1.807, 2.05) is 6.20 Å². The average molecular weight is 238 g/mol. The van der Waals surface area contributed by atoms with Gasteiger partial charge in [0.15, 0.2) is 0 Å². The van der Waals surface area contributed by atoms with Crippen molar-refractivity contribution in [3.8, 4) is 0 Å². The fourth-order valence-corrected chi connectivity index (χ4v) is 3.19. The molecule has 1 N–H and O–H groups in total. The number of aryl methyl sites for hydroxylation is 1. The second-order valence-electron chi connectivity index (χ2n) is 4.85. The first-order valence-electron chi connectivity index (χ1n) is 6.46. The number of nitrogens with zero attached hydrogens (tertiary/aromatic N) is 1. The molecule has 0 aromatic carbocycles. The predicted molar refractivity (Wildman–Crippen MR) is 69.7 cm³/mol. The molecule has 0 saturated heterocycles. The molecule has 1 heterocycles. The molecule has 1 aromatic heterocycles. The largest absolute Gasteiger partial charge is 0.310 e. The van der Waals surface area contributed by atoms with Gasteiger partial charge in [0.1, 0.15) is 5.01 Å². The minimum atomic E-state index is 0.906. The third kappa shape index (κ3) is 3.87. The molecular formula is C13H22N2S. The third-order valence-corrected chi connectivity index (χ3v) is 4.27. The number of hydrogen-bond acceptors (Lipinski definition) is 3. The lowest BCUT2D eigenvalue weighted by Gasteiger charge is -2.13. The van der Waals surface area contributed by atoms with Crippen LogP contribution in [-0.2, 0) is 6.54 Å². The van der Waals surface area contributed by atoms with Crippen molar-refractivity contribution in [3.05, 3.63) is 16.1 Å². The van der Waals surface area contributed by atoms with Crippen LogP contribution in [0.1, 0.15) is 48.4 Å². The Hall–Kier alpha value is -0.410. The van der Waals surface area contributed by atoms with Gasteiger partial charge >= 0.3 is 0 Å². The number of aromatic nitrogens is 1. The highest BCUT2D eigenvalue weighted by molar-refractivity contribution is 7.11. The molecule has 2 rings (SSSR count). The van der Waals surface area contributed by atoms with Crippen molar-refractivity contribution in [2.45, 2.75) is 52.0 Å². The van der Waals surface area contributed by atoms with Crippen molar-refractivity contribution in [2.75, 3.05) is 6.54 Å². The normalized spacial score (nSPS) is 18.6. The van der Waals surface area contributed by atoms with Crippen LogP contribution in [0.4, 0.5) is 0 Å². The Labute approximate surface area is 102 Å². The van der Waals surface area contributed by atoms with Gasteiger partial charge in [-0.2, -0.15) is 0 Å². The average Bonchev–Trinajstić information content (AvgIpc) is 2.54. The van der Waals surface area contributed by atoms with Crippen molar-refractivity contribution >= 4 is 11.3 Å². The minimum absolute atomic E-state index is 0.906. The minimum Gasteiger partial charge on any atom is -0.310 e. The summed E-state index contributed by atoms with van der Waals surface area (Å²) in [4.78, 5) is 5.68. The molecule has 1 aromatic rings. The molecule has 0 bridgehead atoms. The highest BCUT2D eigenvalue weighted by Gasteiger charge is 2.11. The topological polar surface area (TPSA) is 24.9 Å². The lowest BCUT2D eigenvalue weighted by Crippen LogP contribution is -2.22. The Balaban J connectivity index is 1.67. The lowest BCUT2D eigenvalue weighted by molar-refractivity contribution is 0.425. The van der Waals surface area contributed by atoms with Crippen LogP contribution >= 0.6 is 11.3 Å². The van der Waals surface area contributed by atoms with Crippen LogP contribution in [-0.4, -0.2) is 11.5 Å². The van der Waals surface area contributed by atoms with E-state index in [0.717, 1.165) is 12.5 Å². The van der Waals surface area contributed by atoms with Gasteiger partial charge in [-0.15, -0.1) is 11.3 Å². The molecule has 3 heteroatoms. The smallest absolute Gasteiger partial charge is 0.107 e. The second-order valence-corrected chi connectivity index (χ2v) is 6.17. The molecule has 0 amide bonds. The van der Waals surface area contributed by atoms with E-state index in [0.29, 0.717) is 0 Å². The van der Waals surface area contributed by atoms with Gasteiger partial charge < -0.3 is 5.32 Å². The SMILES string of the molecule is Cc1cnc(CNCC2CCCCCC2)s1. The molecule has 1 fully saturated rings. The van der Waals surface area contributed by atoms with Crippen LogP contribution < -0.4 is 5.32 Å². The molecule has 1 saturated carbocycles. The van der Waals surface area contributed by atoms with Gasteiger partial charge in [0.05, 0.1) is 0 Å². The van der Waals surface area contributed by atoms with Crippen molar-refractivity contribution < 1.29 is 0 Å². The van der Waals surface area contributed by atoms with Crippen molar-refractivity contribution in [3.63, 3.8) is 0 Å². The summed E-state index contributed by atoms with van der Waals surface area (Å²) in [5, 5.41) is 4.79. The lowest BCUT2D eigenvalue weighted by atomic mass is 10.0. The Morgan fingerprint density at radius 3 is 2.69 bits per heavy atom. The maximum atomic E-state index is 4.37. The van der Waals surface area contributed by atoms with E-state index in [9.17, 15) is 0 Å². The molecule has 16 heavy (non-hydrogen) atoms. The van der Waals surface area contributed by atoms with E-state index in [-0.39, 0.29) is 0 Å². The van der Waals surface area contributed by atoms with Gasteiger partial charge in [0, 0.05) is 17.6 Å². The first-order valence-corrected chi connectivity index (χ1v) is 7.28. The van der Waals surface area contributed by atoms with Gasteiger partial charge in [-0.25, -0.2) is 4.98 Å². The summed E-state index contributed by atoms with van der Waals surface area (Å²) >= 11 is 1.80. The summed E-state index contributed by atoms with van der Waals surface area (Å²) in [7, 11) is 0. The van der Waals surface area contributed by atoms with Crippen LogP contribution in [0, 0.1) is 12.8 Å². The summed E-state index contributed by atoms with van der Waals surface area (Å²) < 4.78 is 0. The molecule has 0 spiro atoms. The second kappa shape index (κ2) is 6.36. The molecule has 2 nitrogen and oxygen atoms in total. The fourth-order valence-electron chi connectivity index (χ4n) is 2.43. The summed E-state index contributed by atoms with van der Waals surface area (Å²) in [6.07, 6.45) is 10.6. The van der Waals surface area contributed by atoms with Gasteiger partial charge in [-0.1, -0.05) is 25.7 Å². The first-order chi connectivity index (χ1) is 7.84. The number of thiazole rings is 1. The summed E-state index contributed by atoms with van der Waals surface area (Å²) in [5.74, 6) is 0.906. The van der Waals surface area contributed by atoms with E-state index in [1.54, 1.807) is 11.3 Å². The monoisotopic (exact) mass is 238 g/mol. The van der Waals surface area contributed by atoms with E-state index in [2.05, 4.69) is 17.2 Å². The summed E-state index contributed by atoms with van der Waals surface area (Å²) in [5.41, 5.74) is 0. The fraction of sp³-hybridized carbons (Fsp3) is 0.769. The van der Waals surface area contributed by atoms with Crippen LogP contribution in [0.2, 0.25) is 0 Å². The zero-order valence-electron chi connectivity index (χ0n) is 10.2. The summed E-state index contributed by atoms with van der Waals surface area (Å²) in [6.45, 7) is 4.25. The van der Waals surface area contributed by atoms with Crippen LogP contribution in [0.3, 0.4) is 0 Å². The Kier molecular flexibility index (Phi) is 4.79. The molecule has 0 unspecified atom stereocenters. The molecule has 1 aliphatic rings. The maximum absolute atomic E-state index is 4.37. The summed E-state index contributed by atoms with van der Waals surface area (Å²) in [6, 6.07) is 0. The maximum Gasteiger partial charge on any atom is 0.107 e. The van der Waals surface area contributed by atoms with Gasteiger partial charge in [0.2, 0.25) is 0 Å². The zero-order chi connectivity index (χ0) is 11.2. The predicted octanol–water partition coefficient (Wildman–Crippen LogP) is 3.51. The molecule has 0 atom stereocenters. The standard InChI is InChI=1S/C13H22N2S/c1-11-8-15-13(16-11)10-14-9-12-6-4-2-3-5-7-12/h8,12,14H,2-7,9-10H2,1H3. The molecule has 1 aliphatic carbocycles. The molecular weight excluding hydrogens is 216 g/mol. The van der Waals surface area contributed by atoms with Gasteiger partial charge in [-0.05, 0) is 32.2 Å². The highest BCUT2D eigenvalue weighted by Crippen LogP contribution is 2.22. The van der Waals surface area contributed by atoms with E-state index in [4.69, 9.17) is 0 Å². The van der Waals surface area contributed by atoms with Crippen molar-refractivity contribution in [1.29, 1.82) is 0 Å². The highest BCUT2D eigenvalue weighted by atomic mass is 32.1. The number of hydrogen-bond donors (Lipinski definition) is 1. The van der Waals surface area contributed by atoms with Gasteiger partial charge in [-0.3, -0.25) is 0 Å². The molecule has 0 aliphatic heterocycles. The van der Waals surface area contributed by atoms with Crippen LogP contribution in [0.25, 0.3) is 0 Å². The Bertz CT molecular complexity index is 301. The van der Waals surface area contributed by atoms with Crippen molar-refractivity contribution in [1.82, 2.24) is 10.3 Å². The first kappa shape index (κ1) is 12.1. The van der Waals surface area contributed by atoms with E-state index < -0.39 is 0 Å². The van der Waals surface area contributed by atoms with Crippen LogP contribution in [0.15, 0.2) is 6.20 Å². The van der Waals surface area contributed by atoms with E-state index in [1.165, 1.54) is 55.0 Å². The van der Waals surface area contributed by atoms with Gasteiger partial charge in [0.25, 0.3) is 0 Å². The van der Waals surface area contributed by atoms with Crippen LogP contribution in [0.5, 0.6) is 0 Å². The van der Waals surface area contributed by atoms with Crippen molar-refractivity contribution in [2.24, 2.45) is 5.92 Å². The Morgan fingerprint density at radius 1 is 1.31 bits per heavy atom. The quantitative estimate of drug-likeness (QED) is 0.812. The van der Waals surface area contributed by atoms with E-state index >= 15 is 0 Å². The Morgan fingerprint density at radius 2 is 2.06 bits per heavy atom. The molecule has 90 valence electrons. The number of nitrogens with one attached hydrogen (secondary N) is 1. The zero-order valence-corrected chi connectivity index (χ0v) is 11.0. The third-order valence-electron chi connectivity index (χ3n) is 3.35. The molecule has 0 radical (unpaired) electrons. The number of rotatable bonds is 4.